The molecule has 2 rings (SSSR count). The SMILES string of the molecule is CCCCC1=CC=C2SC(CCCC)C(CCCC)=C12. The lowest BCUT2D eigenvalue weighted by molar-refractivity contribution is 0.687. The quantitative estimate of drug-likeness (QED) is 0.450. The normalized spacial score (nSPS) is 21.2. The van der Waals surface area contributed by atoms with Gasteiger partial charge in [-0.3, -0.25) is 0 Å². The van der Waals surface area contributed by atoms with Crippen molar-refractivity contribution in [1.82, 2.24) is 0 Å². The summed E-state index contributed by atoms with van der Waals surface area (Å²) < 4.78 is 0. The van der Waals surface area contributed by atoms with Crippen molar-refractivity contribution in [2.24, 2.45) is 0 Å². The van der Waals surface area contributed by atoms with Crippen molar-refractivity contribution < 1.29 is 0 Å². The minimum Gasteiger partial charge on any atom is -0.118 e. The van der Waals surface area contributed by atoms with E-state index < -0.39 is 0 Å². The lowest BCUT2D eigenvalue weighted by atomic mass is 9.92. The number of fused-ring (bicyclic) bond motifs is 1. The zero-order valence-electron chi connectivity index (χ0n) is 13.5. The monoisotopic (exact) mass is 290 g/mol. The Bertz CT molecular complexity index is 411. The smallest absolute Gasteiger partial charge is 0.0313 e. The van der Waals surface area contributed by atoms with E-state index in [-0.39, 0.29) is 0 Å². The third kappa shape index (κ3) is 3.61. The molecule has 2 aliphatic rings. The molecular weight excluding hydrogens is 260 g/mol. The highest BCUT2D eigenvalue weighted by Gasteiger charge is 2.32. The third-order valence-corrected chi connectivity index (χ3v) is 5.80. The van der Waals surface area contributed by atoms with Crippen LogP contribution in [0.1, 0.15) is 78.6 Å². The molecule has 0 amide bonds. The van der Waals surface area contributed by atoms with Crippen molar-refractivity contribution in [3.05, 3.63) is 33.8 Å². The van der Waals surface area contributed by atoms with Crippen molar-refractivity contribution in [1.29, 1.82) is 0 Å². The molecular formula is C19H30S. The van der Waals surface area contributed by atoms with Gasteiger partial charge >= 0.3 is 0 Å². The van der Waals surface area contributed by atoms with Crippen LogP contribution in [0.5, 0.6) is 0 Å². The molecule has 1 aliphatic carbocycles. The van der Waals surface area contributed by atoms with E-state index in [1.165, 1.54) is 57.8 Å². The highest BCUT2D eigenvalue weighted by Crippen LogP contribution is 2.51. The number of thioether (sulfide) groups is 1. The molecule has 0 fully saturated rings. The van der Waals surface area contributed by atoms with Gasteiger partial charge in [0.25, 0.3) is 0 Å². The molecule has 0 radical (unpaired) electrons. The number of hydrogen-bond donors (Lipinski definition) is 0. The molecule has 0 aromatic carbocycles. The summed E-state index contributed by atoms with van der Waals surface area (Å²) in [5, 5.41) is 0.785. The minimum absolute atomic E-state index is 0.785. The van der Waals surface area contributed by atoms with Crippen LogP contribution in [0, 0.1) is 0 Å². The van der Waals surface area contributed by atoms with Gasteiger partial charge in [0.15, 0.2) is 0 Å². The summed E-state index contributed by atoms with van der Waals surface area (Å²) in [5.41, 5.74) is 5.11. The zero-order chi connectivity index (χ0) is 14.4. The van der Waals surface area contributed by atoms with Crippen molar-refractivity contribution in [3.63, 3.8) is 0 Å². The van der Waals surface area contributed by atoms with Crippen molar-refractivity contribution in [2.45, 2.75) is 83.8 Å². The molecule has 1 aliphatic heterocycles. The molecule has 0 spiro atoms. The first-order valence-electron chi connectivity index (χ1n) is 8.63. The Hall–Kier alpha value is -0.430. The lowest BCUT2D eigenvalue weighted by Gasteiger charge is -2.15. The molecule has 0 aromatic heterocycles. The summed E-state index contributed by atoms with van der Waals surface area (Å²) in [5.74, 6) is 0. The summed E-state index contributed by atoms with van der Waals surface area (Å²) in [7, 11) is 0. The molecule has 1 atom stereocenters. The molecule has 0 bridgehead atoms. The fraction of sp³-hybridized carbons (Fsp3) is 0.684. The van der Waals surface area contributed by atoms with Crippen LogP contribution in [0.2, 0.25) is 0 Å². The first kappa shape index (κ1) is 15.9. The predicted octanol–water partition coefficient (Wildman–Crippen LogP) is 6.79. The Kier molecular flexibility index (Phi) is 6.48. The average molecular weight is 291 g/mol. The van der Waals surface area contributed by atoms with Crippen LogP contribution in [-0.2, 0) is 0 Å². The molecule has 1 heteroatoms. The van der Waals surface area contributed by atoms with Gasteiger partial charge in [0.05, 0.1) is 0 Å². The van der Waals surface area contributed by atoms with E-state index in [0.717, 1.165) is 5.25 Å². The molecule has 1 heterocycles. The summed E-state index contributed by atoms with van der Waals surface area (Å²) in [6.07, 6.45) is 16.8. The van der Waals surface area contributed by atoms with Crippen molar-refractivity contribution in [2.75, 3.05) is 0 Å². The first-order chi connectivity index (χ1) is 9.81. The first-order valence-corrected chi connectivity index (χ1v) is 9.51. The Morgan fingerprint density at radius 3 is 2.30 bits per heavy atom. The predicted molar refractivity (Wildman–Crippen MR) is 93.1 cm³/mol. The van der Waals surface area contributed by atoms with E-state index in [1.54, 1.807) is 21.6 Å². The van der Waals surface area contributed by atoms with Gasteiger partial charge in [-0.1, -0.05) is 52.5 Å². The Morgan fingerprint density at radius 1 is 0.900 bits per heavy atom. The second-order valence-electron chi connectivity index (χ2n) is 6.08. The molecule has 0 saturated carbocycles. The van der Waals surface area contributed by atoms with Gasteiger partial charge in [0.2, 0.25) is 0 Å². The number of unbranched alkanes of at least 4 members (excludes halogenated alkanes) is 3. The maximum atomic E-state index is 2.40. The van der Waals surface area contributed by atoms with E-state index in [9.17, 15) is 0 Å². The maximum absolute atomic E-state index is 2.40. The molecule has 0 saturated heterocycles. The molecule has 0 nitrogen and oxygen atoms in total. The lowest BCUT2D eigenvalue weighted by Crippen LogP contribution is -2.04. The Balaban J connectivity index is 2.14. The fourth-order valence-corrected chi connectivity index (χ4v) is 4.70. The average Bonchev–Trinajstić information content (AvgIpc) is 3.00. The van der Waals surface area contributed by atoms with Crippen LogP contribution < -0.4 is 0 Å². The van der Waals surface area contributed by atoms with Gasteiger partial charge in [-0.15, -0.1) is 11.8 Å². The number of rotatable bonds is 9. The zero-order valence-corrected chi connectivity index (χ0v) is 14.3. The third-order valence-electron chi connectivity index (χ3n) is 4.40. The van der Waals surface area contributed by atoms with E-state index in [2.05, 4.69) is 44.7 Å². The second-order valence-corrected chi connectivity index (χ2v) is 7.32. The standard InChI is InChI=1S/C19H30S/c1-4-7-10-15-13-14-18-19(15)16(11-8-5-2)17(20-18)12-9-6-3/h13-14,17H,4-12H2,1-3H3. The highest BCUT2D eigenvalue weighted by atomic mass is 32.2. The van der Waals surface area contributed by atoms with Crippen LogP contribution in [0.15, 0.2) is 33.8 Å². The van der Waals surface area contributed by atoms with Gasteiger partial charge in [0.1, 0.15) is 0 Å². The number of allylic oxidation sites excluding steroid dienone is 4. The van der Waals surface area contributed by atoms with Crippen LogP contribution in [0.25, 0.3) is 0 Å². The van der Waals surface area contributed by atoms with E-state index >= 15 is 0 Å². The highest BCUT2D eigenvalue weighted by molar-refractivity contribution is 8.04. The summed E-state index contributed by atoms with van der Waals surface area (Å²) >= 11 is 2.15. The largest absolute Gasteiger partial charge is 0.118 e. The number of hydrogen-bond acceptors (Lipinski definition) is 1. The van der Waals surface area contributed by atoms with Crippen LogP contribution >= 0.6 is 11.8 Å². The minimum atomic E-state index is 0.785. The van der Waals surface area contributed by atoms with Crippen LogP contribution in [0.3, 0.4) is 0 Å². The van der Waals surface area contributed by atoms with Gasteiger partial charge in [-0.2, -0.15) is 0 Å². The molecule has 1 unspecified atom stereocenters. The van der Waals surface area contributed by atoms with Gasteiger partial charge in [-0.05, 0) is 54.9 Å². The Labute approximate surface area is 129 Å². The van der Waals surface area contributed by atoms with Crippen LogP contribution in [0.4, 0.5) is 0 Å². The Morgan fingerprint density at radius 2 is 1.60 bits per heavy atom. The maximum Gasteiger partial charge on any atom is 0.0313 e. The van der Waals surface area contributed by atoms with Crippen LogP contribution in [-0.4, -0.2) is 5.25 Å². The molecule has 0 N–H and O–H groups in total. The summed E-state index contributed by atoms with van der Waals surface area (Å²) in [4.78, 5) is 1.59. The van der Waals surface area contributed by atoms with Crippen molar-refractivity contribution >= 4 is 11.8 Å². The van der Waals surface area contributed by atoms with E-state index in [4.69, 9.17) is 0 Å². The molecule has 0 aromatic rings. The van der Waals surface area contributed by atoms with Gasteiger partial charge in [0, 0.05) is 10.2 Å². The molecule has 112 valence electrons. The fourth-order valence-electron chi connectivity index (χ4n) is 3.20. The van der Waals surface area contributed by atoms with E-state index in [1.807, 2.05) is 0 Å². The second kappa shape index (κ2) is 8.12. The van der Waals surface area contributed by atoms with Crippen molar-refractivity contribution in [3.8, 4) is 0 Å². The summed E-state index contributed by atoms with van der Waals surface area (Å²) in [6, 6.07) is 0. The van der Waals surface area contributed by atoms with Gasteiger partial charge < -0.3 is 0 Å². The van der Waals surface area contributed by atoms with E-state index in [0.29, 0.717) is 0 Å². The summed E-state index contributed by atoms with van der Waals surface area (Å²) in [6.45, 7) is 6.92. The molecule has 20 heavy (non-hydrogen) atoms. The topological polar surface area (TPSA) is 0 Å². The van der Waals surface area contributed by atoms with Gasteiger partial charge in [-0.25, -0.2) is 0 Å².